The first-order chi connectivity index (χ1) is 14.9. The van der Waals surface area contributed by atoms with Crippen molar-refractivity contribution < 1.29 is 5.11 Å². The first-order valence-corrected chi connectivity index (χ1v) is 11.6. The summed E-state index contributed by atoms with van der Waals surface area (Å²) in [6.07, 6.45) is 5.81. The first kappa shape index (κ1) is 20.3. The summed E-state index contributed by atoms with van der Waals surface area (Å²) in [6, 6.07) is 18.7. The second-order valence-corrected chi connectivity index (χ2v) is 10.7. The molecule has 5 rings (SSSR count). The van der Waals surface area contributed by atoms with E-state index in [0.717, 1.165) is 44.1 Å². The van der Waals surface area contributed by atoms with Gasteiger partial charge < -0.3 is 5.11 Å². The summed E-state index contributed by atoms with van der Waals surface area (Å²) in [6.45, 7) is 4.59. The van der Waals surface area contributed by atoms with Gasteiger partial charge in [-0.2, -0.15) is 10.5 Å². The second kappa shape index (κ2) is 7.22. The zero-order chi connectivity index (χ0) is 21.8. The van der Waals surface area contributed by atoms with Crippen LogP contribution in [0.2, 0.25) is 0 Å². The molecule has 3 aliphatic rings. The van der Waals surface area contributed by atoms with Gasteiger partial charge in [-0.3, -0.25) is 0 Å². The summed E-state index contributed by atoms with van der Waals surface area (Å²) >= 11 is 0. The van der Waals surface area contributed by atoms with Crippen molar-refractivity contribution >= 4 is 0 Å². The minimum absolute atomic E-state index is 0.0488. The van der Waals surface area contributed by atoms with Crippen LogP contribution in [-0.4, -0.2) is 11.2 Å². The highest BCUT2D eigenvalue weighted by molar-refractivity contribution is 5.46. The molecule has 1 N–H and O–H groups in total. The predicted octanol–water partition coefficient (Wildman–Crippen LogP) is 5.51. The van der Waals surface area contributed by atoms with Crippen LogP contribution in [0.5, 0.6) is 0 Å². The summed E-state index contributed by atoms with van der Waals surface area (Å²) in [5, 5.41) is 30.3. The lowest BCUT2D eigenvalue weighted by atomic mass is 9.55. The molecule has 0 spiro atoms. The Morgan fingerprint density at radius 2 is 1.81 bits per heavy atom. The van der Waals surface area contributed by atoms with E-state index in [0.29, 0.717) is 23.3 Å². The van der Waals surface area contributed by atoms with Gasteiger partial charge in [0.05, 0.1) is 29.4 Å². The van der Waals surface area contributed by atoms with Crippen molar-refractivity contribution in [2.45, 2.75) is 64.4 Å². The quantitative estimate of drug-likeness (QED) is 0.710. The molecule has 3 aliphatic carbocycles. The molecule has 0 radical (unpaired) electrons. The number of aliphatic hydroxyl groups excluding tert-OH is 1. The summed E-state index contributed by atoms with van der Waals surface area (Å²) < 4.78 is 0. The van der Waals surface area contributed by atoms with Gasteiger partial charge in [-0.15, -0.1) is 0 Å². The Balaban J connectivity index is 1.45. The Kier molecular flexibility index (Phi) is 4.72. The topological polar surface area (TPSA) is 67.8 Å². The van der Waals surface area contributed by atoms with Crippen LogP contribution in [0.4, 0.5) is 0 Å². The third-order valence-electron chi connectivity index (χ3n) is 9.00. The third kappa shape index (κ3) is 3.02. The van der Waals surface area contributed by atoms with E-state index in [-0.39, 0.29) is 16.9 Å². The molecule has 158 valence electrons. The molecule has 31 heavy (non-hydrogen) atoms. The molecule has 2 saturated carbocycles. The van der Waals surface area contributed by atoms with Crippen molar-refractivity contribution in [2.75, 3.05) is 0 Å². The lowest BCUT2D eigenvalue weighted by molar-refractivity contribution is -0.0502. The SMILES string of the molecule is C[C@@]1(Cc2ccc(C#N)cc2)CC2C3CCc4c(C#N)cccc4C3CC[C@]2(C)[C@H]1O. The Hall–Kier alpha value is -2.62. The molecule has 0 aliphatic heterocycles. The van der Waals surface area contributed by atoms with E-state index in [9.17, 15) is 10.4 Å². The number of rotatable bonds is 2. The van der Waals surface area contributed by atoms with Gasteiger partial charge in [0.25, 0.3) is 0 Å². The average molecular weight is 411 g/mol. The molecule has 6 atom stereocenters. The molecule has 0 saturated heterocycles. The van der Waals surface area contributed by atoms with Crippen molar-refractivity contribution in [1.29, 1.82) is 10.5 Å². The maximum atomic E-state index is 11.6. The van der Waals surface area contributed by atoms with E-state index < -0.39 is 0 Å². The maximum absolute atomic E-state index is 11.6. The minimum Gasteiger partial charge on any atom is -0.392 e. The fourth-order valence-electron chi connectivity index (χ4n) is 7.54. The van der Waals surface area contributed by atoms with E-state index >= 15 is 0 Å². The van der Waals surface area contributed by atoms with E-state index in [1.165, 1.54) is 16.7 Å². The van der Waals surface area contributed by atoms with Gasteiger partial charge in [0.15, 0.2) is 0 Å². The van der Waals surface area contributed by atoms with Gasteiger partial charge in [-0.1, -0.05) is 38.1 Å². The standard InChI is InChI=1S/C28H30N2O/c1-27(14-18-6-8-19(16-29)9-7-18)15-25-24-11-10-21-20(17-30)4-3-5-22(21)23(24)12-13-28(25,2)26(27)31/h3-9,23-26,31H,10-15H2,1-2H3/t23?,24?,25?,26-,27+,28-/m0/s1. The van der Waals surface area contributed by atoms with Gasteiger partial charge in [0.1, 0.15) is 0 Å². The summed E-state index contributed by atoms with van der Waals surface area (Å²) in [5.41, 5.74) is 5.20. The van der Waals surface area contributed by atoms with Crippen LogP contribution in [0.1, 0.15) is 73.3 Å². The monoisotopic (exact) mass is 410 g/mol. The highest BCUT2D eigenvalue weighted by atomic mass is 16.3. The molecular formula is C28H30N2O. The normalized spacial score (nSPS) is 35.9. The largest absolute Gasteiger partial charge is 0.392 e. The van der Waals surface area contributed by atoms with Crippen molar-refractivity contribution in [2.24, 2.45) is 22.7 Å². The van der Waals surface area contributed by atoms with Crippen LogP contribution in [-0.2, 0) is 12.8 Å². The molecule has 0 bridgehead atoms. The van der Waals surface area contributed by atoms with Crippen LogP contribution in [0, 0.1) is 45.3 Å². The Labute approximate surface area is 185 Å². The molecule has 3 unspecified atom stereocenters. The van der Waals surface area contributed by atoms with Crippen molar-refractivity contribution in [3.8, 4) is 12.1 Å². The lowest BCUT2D eigenvalue weighted by Crippen LogP contribution is -2.45. The molecule has 0 heterocycles. The molecule has 2 aromatic carbocycles. The van der Waals surface area contributed by atoms with Gasteiger partial charge in [0, 0.05) is 0 Å². The summed E-state index contributed by atoms with van der Waals surface area (Å²) in [5.74, 6) is 1.60. The van der Waals surface area contributed by atoms with Crippen LogP contribution >= 0.6 is 0 Å². The molecular weight excluding hydrogens is 380 g/mol. The Bertz CT molecular complexity index is 1090. The maximum Gasteiger partial charge on any atom is 0.0994 e. The number of hydrogen-bond acceptors (Lipinski definition) is 3. The van der Waals surface area contributed by atoms with Crippen LogP contribution in [0.15, 0.2) is 42.5 Å². The zero-order valence-corrected chi connectivity index (χ0v) is 18.4. The third-order valence-corrected chi connectivity index (χ3v) is 9.00. The highest BCUT2D eigenvalue weighted by Crippen LogP contribution is 2.65. The number of aliphatic hydroxyl groups is 1. The molecule has 3 heteroatoms. The van der Waals surface area contributed by atoms with Gasteiger partial charge in [0.2, 0.25) is 0 Å². The van der Waals surface area contributed by atoms with Crippen LogP contribution < -0.4 is 0 Å². The van der Waals surface area contributed by atoms with E-state index in [1.807, 2.05) is 36.4 Å². The van der Waals surface area contributed by atoms with Crippen molar-refractivity contribution in [3.05, 3.63) is 70.3 Å². The van der Waals surface area contributed by atoms with Crippen molar-refractivity contribution in [3.63, 3.8) is 0 Å². The predicted molar refractivity (Wildman–Crippen MR) is 120 cm³/mol. The number of benzene rings is 2. The lowest BCUT2D eigenvalue weighted by Gasteiger charge is -2.50. The fourth-order valence-corrected chi connectivity index (χ4v) is 7.54. The highest BCUT2D eigenvalue weighted by Gasteiger charge is 2.61. The Morgan fingerprint density at radius 3 is 2.52 bits per heavy atom. The number of nitriles is 2. The number of hydrogen-bond donors (Lipinski definition) is 1. The van der Waals surface area contributed by atoms with E-state index in [1.54, 1.807) is 0 Å². The molecule has 3 nitrogen and oxygen atoms in total. The summed E-state index contributed by atoms with van der Waals surface area (Å²) in [4.78, 5) is 0. The zero-order valence-electron chi connectivity index (χ0n) is 18.4. The smallest absolute Gasteiger partial charge is 0.0994 e. The second-order valence-electron chi connectivity index (χ2n) is 10.7. The van der Waals surface area contributed by atoms with Gasteiger partial charge >= 0.3 is 0 Å². The number of fused-ring (bicyclic) bond motifs is 5. The molecule has 2 fully saturated rings. The van der Waals surface area contributed by atoms with Crippen LogP contribution in [0.3, 0.4) is 0 Å². The van der Waals surface area contributed by atoms with E-state index in [2.05, 4.69) is 32.1 Å². The summed E-state index contributed by atoms with van der Waals surface area (Å²) in [7, 11) is 0. The average Bonchev–Trinajstić information content (AvgIpc) is 2.99. The van der Waals surface area contributed by atoms with Crippen molar-refractivity contribution in [1.82, 2.24) is 0 Å². The number of nitrogens with zero attached hydrogens (tertiary/aromatic N) is 2. The van der Waals surface area contributed by atoms with Gasteiger partial charge in [-0.05, 0) is 102 Å². The molecule has 0 aromatic heterocycles. The van der Waals surface area contributed by atoms with Gasteiger partial charge in [-0.25, -0.2) is 0 Å². The molecule has 2 aromatic rings. The fraction of sp³-hybridized carbons (Fsp3) is 0.500. The Morgan fingerprint density at radius 1 is 1.03 bits per heavy atom. The molecule has 0 amide bonds. The first-order valence-electron chi connectivity index (χ1n) is 11.6. The van der Waals surface area contributed by atoms with E-state index in [4.69, 9.17) is 5.26 Å². The minimum atomic E-state index is -0.326. The van der Waals surface area contributed by atoms with Crippen LogP contribution in [0.25, 0.3) is 0 Å².